The van der Waals surface area contributed by atoms with Gasteiger partial charge in [0.2, 0.25) is 17.6 Å². The Bertz CT molecular complexity index is 899. The van der Waals surface area contributed by atoms with Crippen LogP contribution in [0.3, 0.4) is 0 Å². The van der Waals surface area contributed by atoms with Gasteiger partial charge in [0.05, 0.1) is 11.9 Å². The second-order valence-corrected chi connectivity index (χ2v) is 4.69. The minimum absolute atomic E-state index is 0.0129. The van der Waals surface area contributed by atoms with Gasteiger partial charge < -0.3 is 15.5 Å². The first-order valence-electron chi connectivity index (χ1n) is 6.73. The van der Waals surface area contributed by atoms with Gasteiger partial charge in [-0.3, -0.25) is 4.79 Å². The van der Waals surface area contributed by atoms with Crippen LogP contribution in [0.25, 0.3) is 23.0 Å². The Kier molecular flexibility index (Phi) is 3.93. The molecule has 3 rings (SSSR count). The first-order chi connectivity index (χ1) is 11.5. The minimum Gasteiger partial charge on any atom is -0.506 e. The summed E-state index contributed by atoms with van der Waals surface area (Å²) in [5, 5.41) is 37.5. The highest BCUT2D eigenvalue weighted by Crippen LogP contribution is 2.27. The van der Waals surface area contributed by atoms with Crippen molar-refractivity contribution >= 4 is 11.6 Å². The first-order valence-corrected chi connectivity index (χ1v) is 6.73. The molecule has 0 saturated carbocycles. The van der Waals surface area contributed by atoms with E-state index in [1.165, 1.54) is 31.5 Å². The molecule has 120 valence electrons. The number of amides is 1. The highest BCUT2D eigenvalue weighted by Gasteiger charge is 2.15. The number of nitrogens with zero attached hydrogens (tertiary/aromatic N) is 6. The van der Waals surface area contributed by atoms with Crippen LogP contribution in [0.4, 0.5) is 5.69 Å². The van der Waals surface area contributed by atoms with Crippen LogP contribution in [0.5, 0.6) is 11.5 Å². The molecule has 0 spiro atoms. The number of rotatable bonds is 3. The molecule has 1 amide bonds. The van der Waals surface area contributed by atoms with E-state index in [0.717, 1.165) is 0 Å². The Morgan fingerprint density at radius 2 is 1.62 bits per heavy atom. The second-order valence-electron chi connectivity index (χ2n) is 4.69. The van der Waals surface area contributed by atoms with Crippen LogP contribution in [0.15, 0.2) is 30.6 Å². The van der Waals surface area contributed by atoms with Crippen molar-refractivity contribution in [2.75, 3.05) is 5.32 Å². The third-order valence-corrected chi connectivity index (χ3v) is 2.88. The SMILES string of the molecule is CC(=O)Nc1cnc(-c2nnc(-c3ncccc3O)nn2)c(O)c1. The topological polar surface area (TPSA) is 147 Å². The maximum absolute atomic E-state index is 11.0. The fourth-order valence-electron chi connectivity index (χ4n) is 1.89. The largest absolute Gasteiger partial charge is 0.506 e. The van der Waals surface area contributed by atoms with E-state index in [4.69, 9.17) is 0 Å². The van der Waals surface area contributed by atoms with Gasteiger partial charge in [-0.15, -0.1) is 20.4 Å². The number of nitrogens with one attached hydrogen (secondary N) is 1. The van der Waals surface area contributed by atoms with E-state index in [1.54, 1.807) is 6.07 Å². The number of aromatic nitrogens is 6. The summed E-state index contributed by atoms with van der Waals surface area (Å²) < 4.78 is 0. The average molecular weight is 325 g/mol. The number of anilines is 1. The van der Waals surface area contributed by atoms with Crippen molar-refractivity contribution in [1.29, 1.82) is 0 Å². The Labute approximate surface area is 135 Å². The average Bonchev–Trinajstić information content (AvgIpc) is 2.55. The van der Waals surface area contributed by atoms with Crippen molar-refractivity contribution in [2.45, 2.75) is 6.92 Å². The van der Waals surface area contributed by atoms with Crippen molar-refractivity contribution in [1.82, 2.24) is 30.4 Å². The molecule has 3 aromatic heterocycles. The van der Waals surface area contributed by atoms with Crippen LogP contribution in [-0.2, 0) is 4.79 Å². The molecule has 10 nitrogen and oxygen atoms in total. The monoisotopic (exact) mass is 325 g/mol. The smallest absolute Gasteiger partial charge is 0.225 e. The minimum atomic E-state index is -0.289. The van der Waals surface area contributed by atoms with Gasteiger partial charge in [0.1, 0.15) is 11.5 Å². The van der Waals surface area contributed by atoms with Gasteiger partial charge in [-0.05, 0) is 12.1 Å². The van der Waals surface area contributed by atoms with E-state index in [1.807, 2.05) is 0 Å². The number of carbonyl (C=O) groups is 1. The van der Waals surface area contributed by atoms with Gasteiger partial charge in [-0.1, -0.05) is 0 Å². The lowest BCUT2D eigenvalue weighted by atomic mass is 10.3. The Morgan fingerprint density at radius 1 is 1.00 bits per heavy atom. The number of pyridine rings is 2. The number of aromatic hydroxyl groups is 2. The molecule has 0 saturated heterocycles. The third-order valence-electron chi connectivity index (χ3n) is 2.88. The molecule has 3 heterocycles. The molecule has 0 bridgehead atoms. The zero-order chi connectivity index (χ0) is 17.1. The molecule has 24 heavy (non-hydrogen) atoms. The van der Waals surface area contributed by atoms with E-state index in [0.29, 0.717) is 5.69 Å². The van der Waals surface area contributed by atoms with E-state index in [-0.39, 0.29) is 40.4 Å². The molecule has 0 atom stereocenters. The fourth-order valence-corrected chi connectivity index (χ4v) is 1.89. The van der Waals surface area contributed by atoms with Gasteiger partial charge >= 0.3 is 0 Å². The van der Waals surface area contributed by atoms with Crippen molar-refractivity contribution in [2.24, 2.45) is 0 Å². The van der Waals surface area contributed by atoms with E-state index >= 15 is 0 Å². The van der Waals surface area contributed by atoms with Crippen molar-refractivity contribution in [3.05, 3.63) is 30.6 Å². The van der Waals surface area contributed by atoms with Crippen molar-refractivity contribution in [3.8, 4) is 34.5 Å². The summed E-state index contributed by atoms with van der Waals surface area (Å²) in [6.45, 7) is 1.34. The summed E-state index contributed by atoms with van der Waals surface area (Å²) in [6, 6.07) is 4.31. The molecule has 0 aliphatic carbocycles. The van der Waals surface area contributed by atoms with Crippen molar-refractivity contribution in [3.63, 3.8) is 0 Å². The van der Waals surface area contributed by atoms with E-state index in [2.05, 4.69) is 35.7 Å². The number of hydrogen-bond acceptors (Lipinski definition) is 9. The standard InChI is InChI=1S/C14H11N7O3/c1-7(22)17-8-5-10(24)12(16-6-8)14-20-18-13(19-21-14)11-9(23)3-2-4-15-11/h2-6,23-24H,1H3,(H,17,22). The van der Waals surface area contributed by atoms with Gasteiger partial charge in [0.15, 0.2) is 11.4 Å². The molecular weight excluding hydrogens is 314 g/mol. The lowest BCUT2D eigenvalue weighted by Crippen LogP contribution is -2.06. The second kappa shape index (κ2) is 6.20. The Morgan fingerprint density at radius 3 is 2.17 bits per heavy atom. The van der Waals surface area contributed by atoms with Crippen molar-refractivity contribution < 1.29 is 15.0 Å². The molecule has 3 aromatic rings. The molecule has 3 N–H and O–H groups in total. The lowest BCUT2D eigenvalue weighted by molar-refractivity contribution is -0.114. The molecule has 0 aliphatic rings. The van der Waals surface area contributed by atoms with Gasteiger partial charge in [-0.2, -0.15) is 0 Å². The predicted octanol–water partition coefficient (Wildman–Crippen LogP) is 0.760. The Balaban J connectivity index is 1.91. The molecule has 0 aromatic carbocycles. The molecule has 0 radical (unpaired) electrons. The number of hydrogen-bond donors (Lipinski definition) is 3. The zero-order valence-electron chi connectivity index (χ0n) is 12.4. The zero-order valence-corrected chi connectivity index (χ0v) is 12.4. The fraction of sp³-hybridized carbons (Fsp3) is 0.0714. The molecule has 0 unspecified atom stereocenters. The quantitative estimate of drug-likeness (QED) is 0.634. The third kappa shape index (κ3) is 3.06. The van der Waals surface area contributed by atoms with Gasteiger partial charge in [0.25, 0.3) is 0 Å². The lowest BCUT2D eigenvalue weighted by Gasteiger charge is -2.05. The van der Waals surface area contributed by atoms with Crippen LogP contribution >= 0.6 is 0 Å². The molecular formula is C14H11N7O3. The van der Waals surface area contributed by atoms with E-state index < -0.39 is 0 Å². The van der Waals surface area contributed by atoms with Gasteiger partial charge in [0, 0.05) is 19.2 Å². The van der Waals surface area contributed by atoms with Crippen LogP contribution in [-0.4, -0.2) is 46.5 Å². The van der Waals surface area contributed by atoms with Crippen LogP contribution in [0.2, 0.25) is 0 Å². The maximum atomic E-state index is 11.0. The van der Waals surface area contributed by atoms with Crippen LogP contribution in [0, 0.1) is 0 Å². The normalized spacial score (nSPS) is 10.4. The molecule has 10 heteroatoms. The summed E-state index contributed by atoms with van der Waals surface area (Å²) in [5.74, 6) is -0.608. The van der Waals surface area contributed by atoms with Crippen LogP contribution in [0.1, 0.15) is 6.92 Å². The first kappa shape index (κ1) is 15.2. The molecule has 0 fully saturated rings. The van der Waals surface area contributed by atoms with Gasteiger partial charge in [-0.25, -0.2) is 9.97 Å². The predicted molar refractivity (Wildman–Crippen MR) is 81.7 cm³/mol. The Hall–Kier alpha value is -3.69. The summed E-state index contributed by atoms with van der Waals surface area (Å²) in [5.41, 5.74) is 0.530. The summed E-state index contributed by atoms with van der Waals surface area (Å²) >= 11 is 0. The number of carbonyl (C=O) groups excluding carboxylic acids is 1. The summed E-state index contributed by atoms with van der Waals surface area (Å²) in [7, 11) is 0. The summed E-state index contributed by atoms with van der Waals surface area (Å²) in [4.78, 5) is 18.9. The van der Waals surface area contributed by atoms with Crippen LogP contribution < -0.4 is 5.32 Å². The molecule has 0 aliphatic heterocycles. The summed E-state index contributed by atoms with van der Waals surface area (Å²) in [6.07, 6.45) is 2.82. The van der Waals surface area contributed by atoms with E-state index in [9.17, 15) is 15.0 Å². The maximum Gasteiger partial charge on any atom is 0.225 e. The highest BCUT2D eigenvalue weighted by molar-refractivity contribution is 5.89. The highest BCUT2D eigenvalue weighted by atomic mass is 16.3.